The largest absolute Gasteiger partial charge is 0.366 e. The molecule has 0 heterocycles. The van der Waals surface area contributed by atoms with Crippen LogP contribution >= 0.6 is 0 Å². The Labute approximate surface area is 131 Å². The van der Waals surface area contributed by atoms with E-state index in [0.717, 1.165) is 12.1 Å². The third-order valence-electron chi connectivity index (χ3n) is 2.92. The third kappa shape index (κ3) is 4.38. The molecule has 0 aromatic heterocycles. The topological polar surface area (TPSA) is 72.2 Å². The second kappa shape index (κ2) is 7.18. The minimum Gasteiger partial charge on any atom is -0.366 e. The van der Waals surface area contributed by atoms with Gasteiger partial charge in [0.25, 0.3) is 5.91 Å². The van der Waals surface area contributed by atoms with Gasteiger partial charge in [0.15, 0.2) is 0 Å². The number of hydrogen-bond acceptors (Lipinski definition) is 2. The number of benzene rings is 2. The van der Waals surface area contributed by atoms with Crippen LogP contribution in [0, 0.1) is 23.5 Å². The molecule has 2 aromatic carbocycles. The van der Waals surface area contributed by atoms with Gasteiger partial charge in [-0.3, -0.25) is 9.59 Å². The van der Waals surface area contributed by atoms with Crippen molar-refractivity contribution in [1.82, 2.24) is 5.32 Å². The Morgan fingerprint density at radius 3 is 2.39 bits per heavy atom. The third-order valence-corrected chi connectivity index (χ3v) is 2.92. The Balaban J connectivity index is 1.94. The smallest absolute Gasteiger partial charge is 0.255 e. The second-order valence-corrected chi connectivity index (χ2v) is 4.55. The molecule has 0 aliphatic carbocycles. The fraction of sp³-hybridized carbons (Fsp3) is 0.0588. The van der Waals surface area contributed by atoms with Gasteiger partial charge in [0.1, 0.15) is 11.6 Å². The highest BCUT2D eigenvalue weighted by atomic mass is 19.1. The van der Waals surface area contributed by atoms with Crippen molar-refractivity contribution >= 4 is 11.8 Å². The van der Waals surface area contributed by atoms with Gasteiger partial charge in [-0.1, -0.05) is 11.8 Å². The van der Waals surface area contributed by atoms with Gasteiger partial charge in [0.2, 0.25) is 5.91 Å². The van der Waals surface area contributed by atoms with Gasteiger partial charge in [-0.25, -0.2) is 8.78 Å². The van der Waals surface area contributed by atoms with Crippen LogP contribution in [0.15, 0.2) is 42.5 Å². The van der Waals surface area contributed by atoms with Crippen LogP contribution < -0.4 is 11.1 Å². The van der Waals surface area contributed by atoms with Gasteiger partial charge in [0.05, 0.1) is 12.1 Å². The highest BCUT2D eigenvalue weighted by molar-refractivity contribution is 5.94. The summed E-state index contributed by atoms with van der Waals surface area (Å²) in [5.41, 5.74) is 5.88. The molecule has 0 aliphatic heterocycles. The molecule has 2 amide bonds. The highest BCUT2D eigenvalue weighted by Gasteiger charge is 2.11. The summed E-state index contributed by atoms with van der Waals surface area (Å²) >= 11 is 0. The zero-order valence-corrected chi connectivity index (χ0v) is 11.9. The molecule has 4 nitrogen and oxygen atoms in total. The Kier molecular flexibility index (Phi) is 5.05. The lowest BCUT2D eigenvalue weighted by Gasteiger charge is -2.02. The van der Waals surface area contributed by atoms with Crippen molar-refractivity contribution < 1.29 is 18.4 Å². The summed E-state index contributed by atoms with van der Waals surface area (Å²) in [6.45, 7) is -0.00673. The average Bonchev–Trinajstić information content (AvgIpc) is 2.51. The average molecular weight is 314 g/mol. The molecule has 23 heavy (non-hydrogen) atoms. The molecule has 0 unspecified atom stereocenters. The van der Waals surface area contributed by atoms with Crippen molar-refractivity contribution in [2.24, 2.45) is 5.73 Å². The molecular formula is C17H12F2N2O2. The standard InChI is InChI=1S/C17H12F2N2O2/c18-13-7-8-14(15(19)10-13)17(23)21-9-1-2-11-3-5-12(6-4-11)16(20)22/h3-8,10H,9H2,(H2,20,22)(H,21,23). The van der Waals surface area contributed by atoms with Crippen LogP contribution in [0.4, 0.5) is 8.78 Å². The minimum atomic E-state index is -0.933. The maximum absolute atomic E-state index is 13.4. The number of carbonyl (C=O) groups excluding carboxylic acids is 2. The van der Waals surface area contributed by atoms with Crippen LogP contribution in [-0.4, -0.2) is 18.4 Å². The fourth-order valence-electron chi connectivity index (χ4n) is 1.76. The zero-order chi connectivity index (χ0) is 16.8. The highest BCUT2D eigenvalue weighted by Crippen LogP contribution is 2.09. The first-order chi connectivity index (χ1) is 11.0. The molecule has 116 valence electrons. The first-order valence-corrected chi connectivity index (χ1v) is 6.59. The molecule has 0 fully saturated rings. The molecule has 3 N–H and O–H groups in total. The van der Waals surface area contributed by atoms with Gasteiger partial charge >= 0.3 is 0 Å². The minimum absolute atomic E-state index is 0.00673. The monoisotopic (exact) mass is 314 g/mol. The summed E-state index contributed by atoms with van der Waals surface area (Å²) in [5, 5.41) is 2.41. The SMILES string of the molecule is NC(=O)c1ccc(C#CCNC(=O)c2ccc(F)cc2F)cc1. The predicted octanol–water partition coefficient (Wildman–Crippen LogP) is 1.85. The van der Waals surface area contributed by atoms with E-state index in [2.05, 4.69) is 17.2 Å². The van der Waals surface area contributed by atoms with E-state index in [-0.39, 0.29) is 12.1 Å². The van der Waals surface area contributed by atoms with E-state index in [4.69, 9.17) is 5.73 Å². The van der Waals surface area contributed by atoms with Gasteiger partial charge in [-0.15, -0.1) is 0 Å². The molecule has 0 radical (unpaired) electrons. The van der Waals surface area contributed by atoms with Crippen LogP contribution in [0.2, 0.25) is 0 Å². The van der Waals surface area contributed by atoms with Crippen LogP contribution in [0.25, 0.3) is 0 Å². The molecule has 2 rings (SSSR count). The Bertz CT molecular complexity index is 806. The van der Waals surface area contributed by atoms with Crippen LogP contribution in [0.5, 0.6) is 0 Å². The van der Waals surface area contributed by atoms with E-state index in [0.29, 0.717) is 17.2 Å². The molecule has 2 aromatic rings. The van der Waals surface area contributed by atoms with Crippen molar-refractivity contribution in [3.05, 3.63) is 70.8 Å². The van der Waals surface area contributed by atoms with Crippen molar-refractivity contribution in [2.45, 2.75) is 0 Å². The number of halogens is 2. The van der Waals surface area contributed by atoms with E-state index in [9.17, 15) is 18.4 Å². The van der Waals surface area contributed by atoms with Crippen LogP contribution in [0.1, 0.15) is 26.3 Å². The maximum atomic E-state index is 13.4. The van der Waals surface area contributed by atoms with Gasteiger partial charge < -0.3 is 11.1 Å². The molecule has 0 atom stereocenters. The number of nitrogens with two attached hydrogens (primary N) is 1. The quantitative estimate of drug-likeness (QED) is 0.849. The molecule has 0 aliphatic rings. The molecule has 0 saturated heterocycles. The van der Waals surface area contributed by atoms with E-state index >= 15 is 0 Å². The fourth-order valence-corrected chi connectivity index (χ4v) is 1.76. The molecule has 0 saturated carbocycles. The summed E-state index contributed by atoms with van der Waals surface area (Å²) in [7, 11) is 0. The number of primary amides is 1. The molecule has 0 bridgehead atoms. The molecule has 0 spiro atoms. The van der Waals surface area contributed by atoms with Crippen LogP contribution in [-0.2, 0) is 0 Å². The van der Waals surface area contributed by atoms with E-state index in [1.165, 1.54) is 0 Å². The Hall–Kier alpha value is -3.20. The zero-order valence-electron chi connectivity index (χ0n) is 11.9. The van der Waals surface area contributed by atoms with E-state index in [1.807, 2.05) is 0 Å². The first kappa shape index (κ1) is 16.2. The number of hydrogen-bond donors (Lipinski definition) is 2. The number of carbonyl (C=O) groups is 2. The lowest BCUT2D eigenvalue weighted by molar-refractivity contribution is 0.0953. The lowest BCUT2D eigenvalue weighted by atomic mass is 10.1. The van der Waals surface area contributed by atoms with Gasteiger partial charge in [-0.05, 0) is 36.4 Å². The predicted molar refractivity (Wildman–Crippen MR) is 80.5 cm³/mol. The lowest BCUT2D eigenvalue weighted by Crippen LogP contribution is -2.24. The molecular weight excluding hydrogens is 302 g/mol. The van der Waals surface area contributed by atoms with Gasteiger partial charge in [0, 0.05) is 17.2 Å². The number of rotatable bonds is 3. The van der Waals surface area contributed by atoms with E-state index < -0.39 is 23.4 Å². The summed E-state index contributed by atoms with van der Waals surface area (Å²) in [6, 6.07) is 9.03. The van der Waals surface area contributed by atoms with Crippen molar-refractivity contribution in [3.63, 3.8) is 0 Å². The Morgan fingerprint density at radius 2 is 1.78 bits per heavy atom. The summed E-state index contributed by atoms with van der Waals surface area (Å²) in [6.07, 6.45) is 0. The summed E-state index contributed by atoms with van der Waals surface area (Å²) in [5.74, 6) is 2.56. The number of nitrogens with one attached hydrogen (secondary N) is 1. The van der Waals surface area contributed by atoms with Crippen molar-refractivity contribution in [3.8, 4) is 11.8 Å². The summed E-state index contributed by atoms with van der Waals surface area (Å²) < 4.78 is 26.2. The van der Waals surface area contributed by atoms with Crippen molar-refractivity contribution in [2.75, 3.05) is 6.54 Å². The van der Waals surface area contributed by atoms with E-state index in [1.54, 1.807) is 24.3 Å². The Morgan fingerprint density at radius 1 is 1.09 bits per heavy atom. The van der Waals surface area contributed by atoms with Crippen LogP contribution in [0.3, 0.4) is 0 Å². The van der Waals surface area contributed by atoms with Crippen molar-refractivity contribution in [1.29, 1.82) is 0 Å². The normalized spacial score (nSPS) is 9.65. The number of amides is 2. The molecule has 6 heteroatoms. The maximum Gasteiger partial charge on any atom is 0.255 e. The second-order valence-electron chi connectivity index (χ2n) is 4.55. The van der Waals surface area contributed by atoms with Gasteiger partial charge in [-0.2, -0.15) is 0 Å². The summed E-state index contributed by atoms with van der Waals surface area (Å²) in [4.78, 5) is 22.6. The first-order valence-electron chi connectivity index (χ1n) is 6.59.